The number of aliphatic carboxylic acids is 1. The first-order valence-electron chi connectivity index (χ1n) is 10.3. The smallest absolute Gasteiger partial charge is 0.479 e. The maximum absolute atomic E-state index is 12.2. The van der Waals surface area contributed by atoms with Crippen molar-refractivity contribution in [3.8, 4) is 0 Å². The van der Waals surface area contributed by atoms with Crippen molar-refractivity contribution in [1.29, 1.82) is 0 Å². The van der Waals surface area contributed by atoms with Crippen LogP contribution in [0.5, 0.6) is 0 Å². The number of phosphoric ester groups is 2. The number of amides is 3. The van der Waals surface area contributed by atoms with Gasteiger partial charge < -0.3 is 49.9 Å². The summed E-state index contributed by atoms with van der Waals surface area (Å²) in [6.07, 6.45) is -18.1. The van der Waals surface area contributed by atoms with Crippen molar-refractivity contribution >= 4 is 33.6 Å². The van der Waals surface area contributed by atoms with Gasteiger partial charge in [-0.1, -0.05) is 0 Å². The number of hydrogen-bond donors (Lipinski definition) is 9. The number of ether oxygens (including phenoxy) is 2. The summed E-state index contributed by atoms with van der Waals surface area (Å²) in [5, 5.41) is 60.3. The molecule has 3 aliphatic rings. The maximum atomic E-state index is 12.2. The number of imide groups is 1. The highest BCUT2D eigenvalue weighted by Crippen LogP contribution is 2.61. The highest BCUT2D eigenvalue weighted by atomic mass is 31.3. The number of hydrogen-bond acceptors (Lipinski definition) is 15. The van der Waals surface area contributed by atoms with Crippen LogP contribution in [0.2, 0.25) is 0 Å². The third-order valence-corrected chi connectivity index (χ3v) is 7.99. The van der Waals surface area contributed by atoms with E-state index in [2.05, 4.69) is 18.1 Å². The molecule has 3 rings (SSSR count). The van der Waals surface area contributed by atoms with Gasteiger partial charge in [0.1, 0.15) is 36.6 Å². The summed E-state index contributed by atoms with van der Waals surface area (Å²) in [4.78, 5) is 54.7. The Labute approximate surface area is 206 Å². The summed E-state index contributed by atoms with van der Waals surface area (Å²) in [6, 6.07) is -0.932. The molecule has 11 atom stereocenters. The maximum Gasteiger partial charge on any atom is 0.483 e. The van der Waals surface area contributed by atoms with E-state index in [1.165, 1.54) is 0 Å². The molecule has 9 N–H and O–H groups in total. The monoisotopic (exact) mass is 582 g/mol. The van der Waals surface area contributed by atoms with Crippen LogP contribution >= 0.6 is 15.6 Å². The Kier molecular flexibility index (Phi) is 9.10. The van der Waals surface area contributed by atoms with Crippen molar-refractivity contribution < 1.29 is 86.8 Å². The molecule has 37 heavy (non-hydrogen) atoms. The van der Waals surface area contributed by atoms with Crippen molar-refractivity contribution in [2.75, 3.05) is 13.2 Å². The molecule has 3 fully saturated rings. The van der Waals surface area contributed by atoms with E-state index < -0.39 is 95.4 Å². The van der Waals surface area contributed by atoms with Crippen LogP contribution in [0.1, 0.15) is 6.42 Å². The summed E-state index contributed by atoms with van der Waals surface area (Å²) in [5.74, 6) is -2.43. The Morgan fingerprint density at radius 3 is 2.22 bits per heavy atom. The minimum atomic E-state index is -5.71. The van der Waals surface area contributed by atoms with Gasteiger partial charge in [-0.3, -0.25) is 24.1 Å². The first-order valence-corrected chi connectivity index (χ1v) is 13.3. The van der Waals surface area contributed by atoms with Crippen LogP contribution in [0, 0.1) is 0 Å². The van der Waals surface area contributed by atoms with Crippen LogP contribution < -0.4 is 5.32 Å². The zero-order valence-electron chi connectivity index (χ0n) is 18.3. The number of rotatable bonds is 9. The predicted molar refractivity (Wildman–Crippen MR) is 108 cm³/mol. The molecule has 3 aliphatic heterocycles. The highest BCUT2D eigenvalue weighted by Gasteiger charge is 2.52. The molecule has 0 aliphatic carbocycles. The van der Waals surface area contributed by atoms with Crippen molar-refractivity contribution in [1.82, 2.24) is 10.2 Å². The van der Waals surface area contributed by atoms with Crippen molar-refractivity contribution in [3.63, 3.8) is 0 Å². The molecule has 3 amide bonds. The van der Waals surface area contributed by atoms with Crippen LogP contribution in [-0.2, 0) is 41.6 Å². The fourth-order valence-corrected chi connectivity index (χ4v) is 5.71. The third kappa shape index (κ3) is 6.88. The number of carbonyl (C=O) groups is 3. The average Bonchev–Trinajstić information content (AvgIpc) is 3.05. The van der Waals surface area contributed by atoms with Crippen molar-refractivity contribution in [3.05, 3.63) is 0 Å². The third-order valence-electron chi connectivity index (χ3n) is 5.39. The van der Waals surface area contributed by atoms with Crippen molar-refractivity contribution in [2.45, 2.75) is 61.7 Å². The molecule has 0 bridgehead atoms. The molecule has 0 saturated carbocycles. The Morgan fingerprint density at radius 1 is 0.973 bits per heavy atom. The Balaban J connectivity index is 1.58. The summed E-state index contributed by atoms with van der Waals surface area (Å²) in [6.45, 7) is -1.23. The Morgan fingerprint density at radius 2 is 1.62 bits per heavy atom. The lowest BCUT2D eigenvalue weighted by Crippen LogP contribution is -2.60. The molecule has 0 aromatic heterocycles. The summed E-state index contributed by atoms with van der Waals surface area (Å²) in [5.41, 5.74) is 0. The highest BCUT2D eigenvalue weighted by molar-refractivity contribution is 7.61. The van der Waals surface area contributed by atoms with E-state index in [0.717, 1.165) is 4.90 Å². The molecule has 0 radical (unpaired) electrons. The molecule has 3 heterocycles. The zero-order valence-corrected chi connectivity index (χ0v) is 20.1. The number of aliphatic hydroxyl groups is 5. The van der Waals surface area contributed by atoms with Gasteiger partial charge in [-0.25, -0.2) is 18.7 Å². The number of carbonyl (C=O) groups excluding carboxylic acids is 2. The van der Waals surface area contributed by atoms with Crippen LogP contribution in [-0.4, -0.2) is 132 Å². The second-order valence-corrected chi connectivity index (χ2v) is 11.0. The molecule has 3 saturated heterocycles. The molecule has 0 aromatic carbocycles. The SMILES string of the molecule is O=C1CCN([C@@H]2O[C@H](COP(=O)(O)OP(=O)(O)O[C@H]3O[C@H](C(=O)O)[C@H](O)[C@H](O)[C@H]3O)[C@@H](O)[C@H]2O)C(=O)N1. The van der Waals surface area contributed by atoms with Gasteiger partial charge in [0.15, 0.2) is 18.6 Å². The minimum Gasteiger partial charge on any atom is -0.479 e. The van der Waals surface area contributed by atoms with Gasteiger partial charge in [-0.05, 0) is 0 Å². The Bertz CT molecular complexity index is 996. The number of carboxylic acid groups (broad SMARTS) is 1. The van der Waals surface area contributed by atoms with E-state index in [-0.39, 0.29) is 13.0 Å². The van der Waals surface area contributed by atoms with Crippen LogP contribution in [0.3, 0.4) is 0 Å². The first-order chi connectivity index (χ1) is 17.0. The topological polar surface area (TPSA) is 309 Å². The van der Waals surface area contributed by atoms with Crippen LogP contribution in [0.4, 0.5) is 4.79 Å². The van der Waals surface area contributed by atoms with E-state index in [9.17, 15) is 58.8 Å². The number of urea groups is 1. The fourth-order valence-electron chi connectivity index (χ4n) is 3.56. The van der Waals surface area contributed by atoms with E-state index in [4.69, 9.17) is 9.84 Å². The van der Waals surface area contributed by atoms with Crippen LogP contribution in [0.15, 0.2) is 0 Å². The molecule has 2 unspecified atom stereocenters. The zero-order chi connectivity index (χ0) is 27.9. The number of phosphoric acid groups is 2. The van der Waals surface area contributed by atoms with Gasteiger partial charge in [0.05, 0.1) is 6.61 Å². The lowest BCUT2D eigenvalue weighted by atomic mass is 9.99. The number of nitrogens with one attached hydrogen (secondary N) is 1. The average molecular weight is 582 g/mol. The minimum absolute atomic E-state index is 0.135. The molecule has 0 aromatic rings. The Hall–Kier alpha value is -1.61. The second-order valence-electron chi connectivity index (χ2n) is 8.00. The van der Waals surface area contributed by atoms with Gasteiger partial charge in [-0.2, -0.15) is 4.31 Å². The van der Waals surface area contributed by atoms with Crippen LogP contribution in [0.25, 0.3) is 0 Å². The largest absolute Gasteiger partial charge is 0.483 e. The summed E-state index contributed by atoms with van der Waals surface area (Å²) in [7, 11) is -11.3. The molecule has 212 valence electrons. The molecule has 20 nitrogen and oxygen atoms in total. The van der Waals surface area contributed by atoms with Gasteiger partial charge in [0.25, 0.3) is 0 Å². The van der Waals surface area contributed by atoms with Gasteiger partial charge >= 0.3 is 27.6 Å². The predicted octanol–water partition coefficient (Wildman–Crippen LogP) is -4.48. The van der Waals surface area contributed by atoms with E-state index >= 15 is 0 Å². The first kappa shape index (κ1) is 29.9. The van der Waals surface area contributed by atoms with E-state index in [1.54, 1.807) is 0 Å². The number of aliphatic hydroxyl groups excluding tert-OH is 5. The molecular formula is C15H24N2O18P2. The van der Waals surface area contributed by atoms with E-state index in [0.29, 0.717) is 0 Å². The molecule has 0 spiro atoms. The lowest BCUT2D eigenvalue weighted by molar-refractivity contribution is -0.274. The number of carboxylic acids is 1. The second kappa shape index (κ2) is 11.2. The van der Waals surface area contributed by atoms with Gasteiger partial charge in [0, 0.05) is 13.0 Å². The normalized spacial score (nSPS) is 40.1. The summed E-state index contributed by atoms with van der Waals surface area (Å²) >= 11 is 0. The fraction of sp³-hybridized carbons (Fsp3) is 0.800. The van der Waals surface area contributed by atoms with E-state index in [1.807, 2.05) is 5.32 Å². The number of nitrogens with zero attached hydrogens (tertiary/aromatic N) is 1. The van der Waals surface area contributed by atoms with Gasteiger partial charge in [0.2, 0.25) is 5.91 Å². The molecular weight excluding hydrogens is 558 g/mol. The standard InChI is InChI=1S/C15H24N2O18P2/c18-5-1-2-17(15(26)16-5)12-9(22)6(19)4(32-12)3-31-36(27,28)35-37(29,30)34-14-10(23)7(20)8(21)11(33-14)13(24)25/h4,6-12,14,19-23H,1-3H2,(H,24,25)(H,27,28)(H,29,30)(H,16,18,26)/t4-,6-,7+,8-,9-,10-,11+,12-,14-/m1/s1. The summed E-state index contributed by atoms with van der Waals surface area (Å²) < 4.78 is 47.0. The molecule has 22 heteroatoms. The quantitative estimate of drug-likeness (QED) is 0.116. The van der Waals surface area contributed by atoms with Crippen molar-refractivity contribution in [2.24, 2.45) is 0 Å². The van der Waals surface area contributed by atoms with Gasteiger partial charge in [-0.15, -0.1) is 0 Å². The lowest BCUT2D eigenvalue weighted by Gasteiger charge is -2.38.